The van der Waals surface area contributed by atoms with E-state index in [9.17, 15) is 0 Å². The Morgan fingerprint density at radius 1 is 1.00 bits per heavy atom. The summed E-state index contributed by atoms with van der Waals surface area (Å²) in [5, 5.41) is 8.07. The molecule has 2 aromatic rings. The topological polar surface area (TPSA) is 24.1 Å². The Hall–Kier alpha value is -1.29. The number of hydrogen-bond acceptors (Lipinski definition) is 1. The Kier molecular flexibility index (Phi) is 4.64. The zero-order valence-corrected chi connectivity index (χ0v) is 12.5. The Bertz CT molecular complexity index is 614. The van der Waals surface area contributed by atoms with E-state index in [1.54, 1.807) is 0 Å². The van der Waals surface area contributed by atoms with Gasteiger partial charge in [-0.05, 0) is 61.1 Å². The highest BCUT2D eigenvalue weighted by atomic mass is 35.5. The fraction of sp³-hybridized carbons (Fsp3) is 0.0714. The van der Waals surface area contributed by atoms with Crippen LogP contribution >= 0.6 is 35.4 Å². The van der Waals surface area contributed by atoms with Crippen LogP contribution in [0.2, 0.25) is 10.0 Å². The van der Waals surface area contributed by atoms with E-state index in [1.807, 2.05) is 49.4 Å². The van der Waals surface area contributed by atoms with Gasteiger partial charge >= 0.3 is 0 Å². The SMILES string of the molecule is Cc1cc(Cl)ccc1NC(=S)Nc1cccc(Cl)c1. The summed E-state index contributed by atoms with van der Waals surface area (Å²) in [5.41, 5.74) is 2.79. The summed E-state index contributed by atoms with van der Waals surface area (Å²) in [6, 6.07) is 13.0. The molecular weight excluding hydrogens is 299 g/mol. The van der Waals surface area contributed by atoms with E-state index in [0.717, 1.165) is 16.9 Å². The highest BCUT2D eigenvalue weighted by Crippen LogP contribution is 2.20. The Labute approximate surface area is 127 Å². The van der Waals surface area contributed by atoms with Gasteiger partial charge in [-0.1, -0.05) is 29.3 Å². The third kappa shape index (κ3) is 4.10. The first kappa shape index (κ1) is 14.1. The molecule has 0 atom stereocenters. The standard InChI is InChI=1S/C14H12Cl2N2S/c1-9-7-11(16)5-6-13(9)18-14(19)17-12-4-2-3-10(15)8-12/h2-8H,1H3,(H2,17,18,19). The van der Waals surface area contributed by atoms with Crippen molar-refractivity contribution in [3.8, 4) is 0 Å². The van der Waals surface area contributed by atoms with Gasteiger partial charge in [-0.2, -0.15) is 0 Å². The van der Waals surface area contributed by atoms with Crippen molar-refractivity contribution < 1.29 is 0 Å². The summed E-state index contributed by atoms with van der Waals surface area (Å²) in [6.45, 7) is 1.97. The van der Waals surface area contributed by atoms with Gasteiger partial charge in [0.2, 0.25) is 0 Å². The van der Waals surface area contributed by atoms with E-state index in [0.29, 0.717) is 15.2 Å². The van der Waals surface area contributed by atoms with Gasteiger partial charge in [0.05, 0.1) is 0 Å². The molecule has 5 heteroatoms. The van der Waals surface area contributed by atoms with Crippen LogP contribution in [0.3, 0.4) is 0 Å². The van der Waals surface area contributed by atoms with Crippen LogP contribution in [0.15, 0.2) is 42.5 Å². The number of hydrogen-bond donors (Lipinski definition) is 2. The van der Waals surface area contributed by atoms with Gasteiger partial charge in [0.25, 0.3) is 0 Å². The summed E-state index contributed by atoms with van der Waals surface area (Å²) >= 11 is 17.1. The molecule has 2 rings (SSSR count). The Morgan fingerprint density at radius 2 is 1.74 bits per heavy atom. The molecule has 0 fully saturated rings. The van der Waals surface area contributed by atoms with Crippen LogP contribution in [0.25, 0.3) is 0 Å². The van der Waals surface area contributed by atoms with Gasteiger partial charge in [0.15, 0.2) is 5.11 Å². The van der Waals surface area contributed by atoms with E-state index >= 15 is 0 Å². The van der Waals surface area contributed by atoms with E-state index < -0.39 is 0 Å². The van der Waals surface area contributed by atoms with Gasteiger partial charge in [0, 0.05) is 21.4 Å². The molecule has 2 N–H and O–H groups in total. The molecule has 0 bridgehead atoms. The first-order valence-corrected chi connectivity index (χ1v) is 6.81. The average Bonchev–Trinajstić information content (AvgIpc) is 2.33. The second kappa shape index (κ2) is 6.24. The van der Waals surface area contributed by atoms with Crippen LogP contribution in [0.1, 0.15) is 5.56 Å². The third-order valence-corrected chi connectivity index (χ3v) is 3.19. The van der Waals surface area contributed by atoms with E-state index in [1.165, 1.54) is 0 Å². The molecular formula is C14H12Cl2N2S. The molecule has 0 aliphatic carbocycles. The van der Waals surface area contributed by atoms with Crippen LogP contribution in [-0.2, 0) is 0 Å². The molecule has 0 amide bonds. The lowest BCUT2D eigenvalue weighted by Crippen LogP contribution is -2.19. The Balaban J connectivity index is 2.05. The smallest absolute Gasteiger partial charge is 0.175 e. The van der Waals surface area contributed by atoms with Crippen molar-refractivity contribution in [2.24, 2.45) is 0 Å². The summed E-state index contributed by atoms with van der Waals surface area (Å²) in [6.07, 6.45) is 0. The molecule has 2 aromatic carbocycles. The highest BCUT2D eigenvalue weighted by molar-refractivity contribution is 7.80. The molecule has 0 radical (unpaired) electrons. The number of anilines is 2. The first-order valence-electron chi connectivity index (χ1n) is 5.64. The lowest BCUT2D eigenvalue weighted by molar-refractivity contribution is 1.45. The summed E-state index contributed by atoms with van der Waals surface area (Å²) in [7, 11) is 0. The van der Waals surface area contributed by atoms with Crippen LogP contribution in [0, 0.1) is 6.92 Å². The number of halogens is 2. The molecule has 0 heterocycles. The summed E-state index contributed by atoms with van der Waals surface area (Å²) in [4.78, 5) is 0. The van der Waals surface area contributed by atoms with Crippen LogP contribution in [0.5, 0.6) is 0 Å². The van der Waals surface area contributed by atoms with Crippen molar-refractivity contribution >= 4 is 51.9 Å². The summed E-state index contributed by atoms with van der Waals surface area (Å²) in [5.74, 6) is 0. The number of nitrogens with one attached hydrogen (secondary N) is 2. The molecule has 19 heavy (non-hydrogen) atoms. The average molecular weight is 311 g/mol. The molecule has 98 valence electrons. The van der Waals surface area contributed by atoms with Crippen molar-refractivity contribution in [2.75, 3.05) is 10.6 Å². The second-order valence-corrected chi connectivity index (χ2v) is 5.33. The number of benzene rings is 2. The highest BCUT2D eigenvalue weighted by Gasteiger charge is 2.02. The van der Waals surface area contributed by atoms with E-state index in [4.69, 9.17) is 35.4 Å². The number of aryl methyl sites for hydroxylation is 1. The largest absolute Gasteiger partial charge is 0.332 e. The van der Waals surface area contributed by atoms with Crippen molar-refractivity contribution in [3.63, 3.8) is 0 Å². The minimum atomic E-state index is 0.507. The fourth-order valence-electron chi connectivity index (χ4n) is 1.62. The van der Waals surface area contributed by atoms with Gasteiger partial charge in [-0.15, -0.1) is 0 Å². The molecule has 0 saturated heterocycles. The van der Waals surface area contributed by atoms with Crippen molar-refractivity contribution in [2.45, 2.75) is 6.92 Å². The molecule has 0 saturated carbocycles. The maximum absolute atomic E-state index is 5.91. The zero-order valence-electron chi connectivity index (χ0n) is 10.2. The minimum Gasteiger partial charge on any atom is -0.332 e. The molecule has 0 spiro atoms. The van der Waals surface area contributed by atoms with Gasteiger partial charge in [-0.25, -0.2) is 0 Å². The number of rotatable bonds is 2. The fourth-order valence-corrected chi connectivity index (χ4v) is 2.26. The van der Waals surface area contributed by atoms with Crippen LogP contribution in [-0.4, -0.2) is 5.11 Å². The summed E-state index contributed by atoms with van der Waals surface area (Å²) < 4.78 is 0. The lowest BCUT2D eigenvalue weighted by atomic mass is 10.2. The quantitative estimate of drug-likeness (QED) is 0.754. The predicted molar refractivity (Wildman–Crippen MR) is 87.5 cm³/mol. The lowest BCUT2D eigenvalue weighted by Gasteiger charge is -2.12. The molecule has 0 aromatic heterocycles. The van der Waals surface area contributed by atoms with Crippen molar-refractivity contribution in [1.29, 1.82) is 0 Å². The molecule has 2 nitrogen and oxygen atoms in total. The zero-order chi connectivity index (χ0) is 13.8. The van der Waals surface area contributed by atoms with E-state index in [-0.39, 0.29) is 0 Å². The minimum absolute atomic E-state index is 0.507. The maximum atomic E-state index is 5.91. The van der Waals surface area contributed by atoms with Crippen molar-refractivity contribution in [1.82, 2.24) is 0 Å². The van der Waals surface area contributed by atoms with Gasteiger partial charge < -0.3 is 10.6 Å². The monoisotopic (exact) mass is 310 g/mol. The van der Waals surface area contributed by atoms with Gasteiger partial charge in [0.1, 0.15) is 0 Å². The molecule has 0 unspecified atom stereocenters. The van der Waals surface area contributed by atoms with Crippen LogP contribution < -0.4 is 10.6 Å². The molecule has 0 aliphatic rings. The van der Waals surface area contributed by atoms with Crippen molar-refractivity contribution in [3.05, 3.63) is 58.1 Å². The molecule has 0 aliphatic heterocycles. The van der Waals surface area contributed by atoms with Crippen LogP contribution in [0.4, 0.5) is 11.4 Å². The third-order valence-electron chi connectivity index (χ3n) is 2.52. The Morgan fingerprint density at radius 3 is 2.42 bits per heavy atom. The van der Waals surface area contributed by atoms with E-state index in [2.05, 4.69) is 10.6 Å². The van der Waals surface area contributed by atoms with Gasteiger partial charge in [-0.3, -0.25) is 0 Å². The predicted octanol–water partition coefficient (Wildman–Crippen LogP) is 5.11. The maximum Gasteiger partial charge on any atom is 0.175 e. The number of thiocarbonyl (C=S) groups is 1. The second-order valence-electron chi connectivity index (χ2n) is 4.05. The first-order chi connectivity index (χ1) is 9.04. The normalized spacial score (nSPS) is 10.1.